The highest BCUT2D eigenvalue weighted by Crippen LogP contribution is 2.32. The van der Waals surface area contributed by atoms with Gasteiger partial charge in [-0.05, 0) is 44.0 Å². The van der Waals surface area contributed by atoms with Gasteiger partial charge >= 0.3 is 0 Å². The fourth-order valence-electron chi connectivity index (χ4n) is 3.50. The van der Waals surface area contributed by atoms with Crippen molar-refractivity contribution in [3.8, 4) is 0 Å². The van der Waals surface area contributed by atoms with Gasteiger partial charge in [-0.1, -0.05) is 29.0 Å². The van der Waals surface area contributed by atoms with Gasteiger partial charge in [-0.25, -0.2) is 17.2 Å². The number of aromatic nitrogens is 2. The Bertz CT molecular complexity index is 1250. The van der Waals surface area contributed by atoms with Crippen molar-refractivity contribution in [3.63, 3.8) is 0 Å². The summed E-state index contributed by atoms with van der Waals surface area (Å²) in [5.41, 5.74) is 1.70. The van der Waals surface area contributed by atoms with E-state index in [0.29, 0.717) is 29.6 Å². The SMILES string of the molecule is Cc1ccc(NC(=O)c2nnc(C3CCCN(S(=O)(=O)c4ccc(F)cc4F)C3)s2)cc1. The van der Waals surface area contributed by atoms with Crippen LogP contribution < -0.4 is 5.32 Å². The largest absolute Gasteiger partial charge is 0.320 e. The first-order valence-corrected chi connectivity index (χ1v) is 12.2. The molecule has 1 atom stereocenters. The lowest BCUT2D eigenvalue weighted by molar-refractivity contribution is 0.102. The third-order valence-electron chi connectivity index (χ3n) is 5.19. The molecule has 3 aromatic rings. The predicted octanol–water partition coefficient (Wildman–Crippen LogP) is 3.95. The maximum Gasteiger partial charge on any atom is 0.286 e. The number of nitrogens with one attached hydrogen (secondary N) is 1. The average Bonchev–Trinajstić information content (AvgIpc) is 3.26. The fraction of sp³-hybridized carbons (Fsp3) is 0.286. The number of piperidine rings is 1. The van der Waals surface area contributed by atoms with E-state index >= 15 is 0 Å². The lowest BCUT2D eigenvalue weighted by Gasteiger charge is -2.30. The van der Waals surface area contributed by atoms with Crippen molar-refractivity contribution in [2.45, 2.75) is 30.6 Å². The van der Waals surface area contributed by atoms with E-state index in [-0.39, 0.29) is 24.0 Å². The van der Waals surface area contributed by atoms with E-state index in [1.807, 2.05) is 19.1 Å². The van der Waals surface area contributed by atoms with Crippen LogP contribution in [-0.2, 0) is 10.0 Å². The first-order valence-electron chi connectivity index (χ1n) is 9.90. The van der Waals surface area contributed by atoms with Crippen molar-refractivity contribution in [1.29, 1.82) is 0 Å². The Morgan fingerprint density at radius 2 is 1.91 bits per heavy atom. The Morgan fingerprint density at radius 1 is 1.16 bits per heavy atom. The Labute approximate surface area is 188 Å². The van der Waals surface area contributed by atoms with Crippen LogP contribution in [0, 0.1) is 18.6 Å². The van der Waals surface area contributed by atoms with Crippen LogP contribution >= 0.6 is 11.3 Å². The maximum atomic E-state index is 14.1. The molecule has 0 saturated carbocycles. The van der Waals surface area contributed by atoms with Crippen LogP contribution in [0.3, 0.4) is 0 Å². The molecule has 1 aliphatic rings. The molecule has 1 N–H and O–H groups in total. The summed E-state index contributed by atoms with van der Waals surface area (Å²) in [5.74, 6) is -2.65. The number of halogens is 2. The number of rotatable bonds is 5. The summed E-state index contributed by atoms with van der Waals surface area (Å²) in [6.07, 6.45) is 1.20. The number of amides is 1. The van der Waals surface area contributed by atoms with Gasteiger partial charge in [0.15, 0.2) is 0 Å². The van der Waals surface area contributed by atoms with Crippen LogP contribution in [0.1, 0.15) is 39.1 Å². The topological polar surface area (TPSA) is 92.3 Å². The minimum Gasteiger partial charge on any atom is -0.320 e. The molecule has 11 heteroatoms. The van der Waals surface area contributed by atoms with Gasteiger partial charge in [0, 0.05) is 30.8 Å². The van der Waals surface area contributed by atoms with Gasteiger partial charge < -0.3 is 5.32 Å². The molecule has 2 heterocycles. The zero-order valence-electron chi connectivity index (χ0n) is 17.1. The molecule has 4 rings (SSSR count). The summed E-state index contributed by atoms with van der Waals surface area (Å²) in [6.45, 7) is 2.24. The maximum absolute atomic E-state index is 14.1. The Hall–Kier alpha value is -2.76. The Kier molecular flexibility index (Phi) is 6.31. The summed E-state index contributed by atoms with van der Waals surface area (Å²) < 4.78 is 54.3. The number of aryl methyl sites for hydroxylation is 1. The van der Waals surface area contributed by atoms with Crippen LogP contribution in [0.5, 0.6) is 0 Å². The highest BCUT2D eigenvalue weighted by Gasteiger charge is 2.34. The van der Waals surface area contributed by atoms with E-state index in [1.165, 1.54) is 4.31 Å². The summed E-state index contributed by atoms with van der Waals surface area (Å²) >= 11 is 1.10. The fourth-order valence-corrected chi connectivity index (χ4v) is 5.93. The number of benzene rings is 2. The highest BCUT2D eigenvalue weighted by atomic mass is 32.2. The van der Waals surface area contributed by atoms with Crippen molar-refractivity contribution >= 4 is 33.0 Å². The molecule has 1 amide bonds. The van der Waals surface area contributed by atoms with Crippen LogP contribution in [0.2, 0.25) is 0 Å². The predicted molar refractivity (Wildman–Crippen MR) is 116 cm³/mol. The number of carbonyl (C=O) groups is 1. The molecular formula is C21H20F2N4O3S2. The summed E-state index contributed by atoms with van der Waals surface area (Å²) in [4.78, 5) is 11.9. The molecular weight excluding hydrogens is 458 g/mol. The molecule has 1 aliphatic heterocycles. The normalized spacial score (nSPS) is 17.3. The number of hydrogen-bond donors (Lipinski definition) is 1. The third-order valence-corrected chi connectivity index (χ3v) is 8.17. The van der Waals surface area contributed by atoms with Gasteiger partial charge in [0.25, 0.3) is 5.91 Å². The smallest absolute Gasteiger partial charge is 0.286 e. The second-order valence-corrected chi connectivity index (χ2v) is 10.5. The molecule has 0 spiro atoms. The number of nitrogens with zero attached hydrogens (tertiary/aromatic N) is 3. The second-order valence-electron chi connectivity index (χ2n) is 7.54. The summed E-state index contributed by atoms with van der Waals surface area (Å²) in [5, 5.41) is 11.5. The van der Waals surface area contributed by atoms with Gasteiger partial charge in [0.2, 0.25) is 15.0 Å². The molecule has 0 radical (unpaired) electrons. The van der Waals surface area contributed by atoms with Crippen LogP contribution in [0.4, 0.5) is 14.5 Å². The van der Waals surface area contributed by atoms with Crippen LogP contribution in [-0.4, -0.2) is 41.9 Å². The first kappa shape index (κ1) is 22.4. The lowest BCUT2D eigenvalue weighted by Crippen LogP contribution is -2.39. The molecule has 1 aromatic heterocycles. The molecule has 7 nitrogen and oxygen atoms in total. The van der Waals surface area contributed by atoms with E-state index in [0.717, 1.165) is 29.0 Å². The van der Waals surface area contributed by atoms with Crippen LogP contribution in [0.15, 0.2) is 47.4 Å². The van der Waals surface area contributed by atoms with E-state index in [4.69, 9.17) is 0 Å². The minimum atomic E-state index is -4.14. The standard InChI is InChI=1S/C21H20F2N4O3S2/c1-13-4-7-16(8-5-13)24-19(28)21-26-25-20(31-21)14-3-2-10-27(12-14)32(29,30)18-9-6-15(22)11-17(18)23/h4-9,11,14H,2-3,10,12H2,1H3,(H,24,28). The van der Waals surface area contributed by atoms with Crippen molar-refractivity contribution in [3.05, 3.63) is 69.7 Å². The molecule has 168 valence electrons. The number of anilines is 1. The molecule has 2 aromatic carbocycles. The van der Waals surface area contributed by atoms with Crippen molar-refractivity contribution in [2.24, 2.45) is 0 Å². The van der Waals surface area contributed by atoms with E-state index in [9.17, 15) is 22.0 Å². The average molecular weight is 479 g/mol. The number of hydrogen-bond acceptors (Lipinski definition) is 6. The molecule has 1 fully saturated rings. The minimum absolute atomic E-state index is 0.0768. The van der Waals surface area contributed by atoms with Gasteiger partial charge in [-0.2, -0.15) is 4.31 Å². The number of sulfonamides is 1. The van der Waals surface area contributed by atoms with Crippen molar-refractivity contribution in [2.75, 3.05) is 18.4 Å². The second kappa shape index (κ2) is 9.00. The Balaban J connectivity index is 1.48. The van der Waals surface area contributed by atoms with E-state index in [2.05, 4.69) is 15.5 Å². The molecule has 0 aliphatic carbocycles. The molecule has 1 saturated heterocycles. The molecule has 32 heavy (non-hydrogen) atoms. The molecule has 0 bridgehead atoms. The zero-order valence-corrected chi connectivity index (χ0v) is 18.7. The van der Waals surface area contributed by atoms with Crippen LogP contribution in [0.25, 0.3) is 0 Å². The molecule has 1 unspecified atom stereocenters. The third kappa shape index (κ3) is 4.69. The van der Waals surface area contributed by atoms with Crippen molar-refractivity contribution < 1.29 is 22.0 Å². The first-order chi connectivity index (χ1) is 15.2. The zero-order chi connectivity index (χ0) is 22.9. The van der Waals surface area contributed by atoms with Gasteiger partial charge in [-0.3, -0.25) is 4.79 Å². The van der Waals surface area contributed by atoms with Gasteiger partial charge in [0.05, 0.1) is 0 Å². The summed E-state index contributed by atoms with van der Waals surface area (Å²) in [7, 11) is -4.14. The van der Waals surface area contributed by atoms with Crippen molar-refractivity contribution in [1.82, 2.24) is 14.5 Å². The monoisotopic (exact) mass is 478 g/mol. The van der Waals surface area contributed by atoms with E-state index in [1.54, 1.807) is 12.1 Å². The van der Waals surface area contributed by atoms with E-state index < -0.39 is 32.5 Å². The van der Waals surface area contributed by atoms with Gasteiger partial charge in [0.1, 0.15) is 21.5 Å². The highest BCUT2D eigenvalue weighted by molar-refractivity contribution is 7.89. The quantitative estimate of drug-likeness (QED) is 0.600. The number of carbonyl (C=O) groups excluding carboxylic acids is 1. The van der Waals surface area contributed by atoms with Gasteiger partial charge in [-0.15, -0.1) is 10.2 Å². The lowest BCUT2D eigenvalue weighted by atomic mass is 10.0. The Morgan fingerprint density at radius 3 is 2.62 bits per heavy atom. The summed E-state index contributed by atoms with van der Waals surface area (Å²) in [6, 6.07) is 9.73.